The molecule has 5 nitrogen and oxygen atoms in total. The molecular weight excluding hydrogens is 466 g/mol. The number of nitrogens with zero attached hydrogens (tertiary/aromatic N) is 2. The van der Waals surface area contributed by atoms with Crippen LogP contribution in [0.4, 0.5) is 0 Å². The summed E-state index contributed by atoms with van der Waals surface area (Å²) >= 11 is 12.1. The molecule has 3 heterocycles. The third kappa shape index (κ3) is 4.27. The first-order chi connectivity index (χ1) is 16.5. The third-order valence-corrected chi connectivity index (χ3v) is 6.92. The molecule has 4 aromatic rings. The van der Waals surface area contributed by atoms with E-state index in [2.05, 4.69) is 27.3 Å². The molecule has 1 saturated heterocycles. The zero-order chi connectivity index (χ0) is 23.7. The van der Waals surface area contributed by atoms with Gasteiger partial charge >= 0.3 is 0 Å². The fourth-order valence-corrected chi connectivity index (χ4v) is 4.82. The minimum Gasteiger partial charge on any atom is -0.497 e. The quantitative estimate of drug-likeness (QED) is 0.312. The second-order valence-electron chi connectivity index (χ2n) is 8.22. The van der Waals surface area contributed by atoms with Crippen molar-refractivity contribution < 1.29 is 9.15 Å². The zero-order valence-electron chi connectivity index (χ0n) is 18.9. The predicted molar refractivity (Wildman–Crippen MR) is 138 cm³/mol. The number of halogens is 1. The molecule has 34 heavy (non-hydrogen) atoms. The highest BCUT2D eigenvalue weighted by Gasteiger charge is 2.41. The van der Waals surface area contributed by atoms with Gasteiger partial charge in [0.2, 0.25) is 0 Å². The predicted octanol–water partition coefficient (Wildman–Crippen LogP) is 6.48. The Labute approximate surface area is 209 Å². The van der Waals surface area contributed by atoms with Gasteiger partial charge in [0.05, 0.1) is 18.8 Å². The van der Waals surface area contributed by atoms with Crippen LogP contribution in [0.3, 0.4) is 0 Å². The smallest absolute Gasteiger partial charge is 0.170 e. The van der Waals surface area contributed by atoms with Crippen LogP contribution < -0.4 is 10.1 Å². The van der Waals surface area contributed by atoms with Crippen molar-refractivity contribution in [1.29, 1.82) is 0 Å². The van der Waals surface area contributed by atoms with E-state index < -0.39 is 0 Å². The first-order valence-electron chi connectivity index (χ1n) is 11.0. The molecule has 7 heteroatoms. The summed E-state index contributed by atoms with van der Waals surface area (Å²) in [5, 5.41) is 4.85. The van der Waals surface area contributed by atoms with Crippen molar-refractivity contribution in [2.75, 3.05) is 7.11 Å². The first kappa shape index (κ1) is 22.4. The van der Waals surface area contributed by atoms with Crippen LogP contribution in [0.1, 0.15) is 34.7 Å². The van der Waals surface area contributed by atoms with Crippen molar-refractivity contribution in [3.05, 3.63) is 107 Å². The average Bonchev–Trinajstić information content (AvgIpc) is 3.47. The number of hydrogen-bond donors (Lipinski definition) is 1. The molecule has 0 spiro atoms. The van der Waals surface area contributed by atoms with E-state index in [0.29, 0.717) is 16.7 Å². The average molecular weight is 490 g/mol. The van der Waals surface area contributed by atoms with Crippen molar-refractivity contribution in [2.45, 2.75) is 25.6 Å². The molecule has 0 aliphatic carbocycles. The van der Waals surface area contributed by atoms with Gasteiger partial charge < -0.3 is 19.4 Å². The van der Waals surface area contributed by atoms with Crippen LogP contribution in [-0.4, -0.2) is 22.1 Å². The van der Waals surface area contributed by atoms with Gasteiger partial charge in [0, 0.05) is 23.3 Å². The molecule has 0 radical (unpaired) electrons. The Morgan fingerprint density at radius 3 is 2.62 bits per heavy atom. The number of furan rings is 1. The van der Waals surface area contributed by atoms with Gasteiger partial charge in [0.15, 0.2) is 5.11 Å². The summed E-state index contributed by atoms with van der Waals surface area (Å²) < 4.78 is 11.8. The van der Waals surface area contributed by atoms with E-state index >= 15 is 0 Å². The molecule has 2 unspecified atom stereocenters. The number of thiocarbonyl (C=S) groups is 1. The summed E-state index contributed by atoms with van der Waals surface area (Å²) in [5.41, 5.74) is 3.99. The summed E-state index contributed by atoms with van der Waals surface area (Å²) in [6.07, 6.45) is 1.80. The lowest BCUT2D eigenvalue weighted by Crippen LogP contribution is -2.29. The second kappa shape index (κ2) is 9.49. The van der Waals surface area contributed by atoms with Gasteiger partial charge in [-0.15, -0.1) is 0 Å². The maximum atomic E-state index is 6.45. The van der Waals surface area contributed by atoms with Gasteiger partial charge in [-0.25, -0.2) is 0 Å². The van der Waals surface area contributed by atoms with E-state index in [4.69, 9.17) is 33.0 Å². The molecular formula is C27H24ClN3O2S. The monoisotopic (exact) mass is 489 g/mol. The number of pyridine rings is 1. The molecule has 1 fully saturated rings. The first-order valence-corrected chi connectivity index (χ1v) is 11.8. The van der Waals surface area contributed by atoms with E-state index in [1.165, 1.54) is 0 Å². The summed E-state index contributed by atoms with van der Waals surface area (Å²) in [6, 6.07) is 23.5. The Morgan fingerprint density at radius 1 is 1.06 bits per heavy atom. The maximum absolute atomic E-state index is 6.45. The van der Waals surface area contributed by atoms with Crippen molar-refractivity contribution in [2.24, 2.45) is 0 Å². The van der Waals surface area contributed by atoms with E-state index in [1.54, 1.807) is 13.3 Å². The zero-order valence-corrected chi connectivity index (χ0v) is 20.4. The van der Waals surface area contributed by atoms with E-state index in [9.17, 15) is 0 Å². The molecule has 0 bridgehead atoms. The number of ether oxygens (including phenoxy) is 1. The minimum atomic E-state index is -0.169. The highest BCUT2D eigenvalue weighted by molar-refractivity contribution is 7.80. The molecule has 0 amide bonds. The van der Waals surface area contributed by atoms with Gasteiger partial charge in [0.25, 0.3) is 0 Å². The Morgan fingerprint density at radius 2 is 1.88 bits per heavy atom. The number of hydrogen-bond acceptors (Lipinski definition) is 4. The molecule has 172 valence electrons. The van der Waals surface area contributed by atoms with Crippen LogP contribution in [0.25, 0.3) is 11.3 Å². The van der Waals surface area contributed by atoms with E-state index in [0.717, 1.165) is 39.7 Å². The van der Waals surface area contributed by atoms with Gasteiger partial charge in [-0.2, -0.15) is 0 Å². The standard InChI is InChI=1S/C27H24ClN3O2S/c1-17-20(6-5-7-21(17)28)23-13-14-24(33-23)26-25(22-8-3-4-15-29-22)30-27(34)31(26)16-18-9-11-19(32-2)12-10-18/h3-15,25-26H,16H2,1-2H3,(H,30,34). The van der Waals surface area contributed by atoms with Crippen LogP contribution in [-0.2, 0) is 6.54 Å². The molecule has 1 aliphatic rings. The van der Waals surface area contributed by atoms with Crippen molar-refractivity contribution in [3.8, 4) is 17.1 Å². The third-order valence-electron chi connectivity index (χ3n) is 6.16. The molecule has 2 atom stereocenters. The van der Waals surface area contributed by atoms with Crippen molar-refractivity contribution >= 4 is 28.9 Å². The van der Waals surface area contributed by atoms with Crippen LogP contribution in [0.15, 0.2) is 83.4 Å². The number of methoxy groups -OCH3 is 1. The summed E-state index contributed by atoms with van der Waals surface area (Å²) in [5.74, 6) is 2.41. The molecule has 1 aliphatic heterocycles. The molecule has 0 saturated carbocycles. The summed E-state index contributed by atoms with van der Waals surface area (Å²) in [4.78, 5) is 6.76. The Balaban J connectivity index is 1.53. The number of rotatable bonds is 6. The highest BCUT2D eigenvalue weighted by atomic mass is 35.5. The lowest BCUT2D eigenvalue weighted by molar-refractivity contribution is 0.269. The Hall–Kier alpha value is -3.35. The van der Waals surface area contributed by atoms with Crippen molar-refractivity contribution in [1.82, 2.24) is 15.2 Å². The summed E-state index contributed by atoms with van der Waals surface area (Å²) in [6.45, 7) is 2.62. The van der Waals surface area contributed by atoms with Crippen LogP contribution in [0.5, 0.6) is 5.75 Å². The van der Waals surface area contributed by atoms with Crippen LogP contribution in [0.2, 0.25) is 5.02 Å². The van der Waals surface area contributed by atoms with Crippen LogP contribution >= 0.6 is 23.8 Å². The van der Waals surface area contributed by atoms with Crippen molar-refractivity contribution in [3.63, 3.8) is 0 Å². The molecule has 1 N–H and O–H groups in total. The second-order valence-corrected chi connectivity index (χ2v) is 9.01. The van der Waals surface area contributed by atoms with E-state index in [-0.39, 0.29) is 12.1 Å². The minimum absolute atomic E-state index is 0.147. The largest absolute Gasteiger partial charge is 0.497 e. The maximum Gasteiger partial charge on any atom is 0.170 e. The fraction of sp³-hybridized carbons (Fsp3) is 0.185. The van der Waals surface area contributed by atoms with Gasteiger partial charge in [-0.3, -0.25) is 4.98 Å². The topological polar surface area (TPSA) is 50.5 Å². The Bertz CT molecular complexity index is 1310. The lowest BCUT2D eigenvalue weighted by Gasteiger charge is -2.26. The normalized spacial score (nSPS) is 17.6. The lowest BCUT2D eigenvalue weighted by atomic mass is 10.0. The molecule has 2 aromatic carbocycles. The van der Waals surface area contributed by atoms with Crippen LogP contribution in [0, 0.1) is 6.92 Å². The fourth-order valence-electron chi connectivity index (χ4n) is 4.34. The van der Waals surface area contributed by atoms with Gasteiger partial charge in [-0.1, -0.05) is 41.9 Å². The number of benzene rings is 2. The van der Waals surface area contributed by atoms with Gasteiger partial charge in [-0.05, 0) is 72.7 Å². The number of aromatic nitrogens is 1. The molecule has 2 aromatic heterocycles. The highest BCUT2D eigenvalue weighted by Crippen LogP contribution is 2.42. The number of nitrogens with one attached hydrogen (secondary N) is 1. The van der Waals surface area contributed by atoms with E-state index in [1.807, 2.05) is 67.6 Å². The Kier molecular flexibility index (Phi) is 6.26. The molecule has 5 rings (SSSR count). The van der Waals surface area contributed by atoms with Gasteiger partial charge in [0.1, 0.15) is 23.3 Å². The SMILES string of the molecule is COc1ccc(CN2C(=S)NC(c3ccccn3)C2c2ccc(-c3cccc(Cl)c3C)o2)cc1. The summed E-state index contributed by atoms with van der Waals surface area (Å²) in [7, 11) is 1.66.